The van der Waals surface area contributed by atoms with Crippen LogP contribution < -0.4 is 20.1 Å². The normalized spacial score (nSPS) is 16.1. The van der Waals surface area contributed by atoms with E-state index in [1.165, 1.54) is 19.3 Å². The second-order valence-electron chi connectivity index (χ2n) is 6.96. The van der Waals surface area contributed by atoms with Gasteiger partial charge in [0.1, 0.15) is 0 Å². The molecule has 0 aliphatic carbocycles. The van der Waals surface area contributed by atoms with Crippen LogP contribution in [0.3, 0.4) is 0 Å². The smallest absolute Gasteiger partial charge is 0.338 e. The second-order valence-corrected chi connectivity index (χ2v) is 6.96. The predicted octanol–water partition coefficient (Wildman–Crippen LogP) is 4.24. The lowest BCUT2D eigenvalue weighted by molar-refractivity contribution is -0.139. The van der Waals surface area contributed by atoms with Crippen LogP contribution in [-0.2, 0) is 9.53 Å². The Kier molecular flexibility index (Phi) is 8.83. The van der Waals surface area contributed by atoms with Gasteiger partial charge in [-0.2, -0.15) is 0 Å². The number of hydrogen-bond donors (Lipinski definition) is 2. The van der Waals surface area contributed by atoms with Gasteiger partial charge < -0.3 is 24.8 Å². The Labute approximate surface area is 172 Å². The van der Waals surface area contributed by atoms with Gasteiger partial charge in [-0.05, 0) is 38.0 Å². The highest BCUT2D eigenvalue weighted by molar-refractivity contribution is 5.95. The first-order valence-corrected chi connectivity index (χ1v) is 10.3. The first kappa shape index (κ1) is 22.6. The first-order chi connectivity index (χ1) is 14.0. The number of urea groups is 1. The van der Waals surface area contributed by atoms with E-state index in [1.807, 2.05) is 12.1 Å². The van der Waals surface area contributed by atoms with Crippen molar-refractivity contribution in [3.63, 3.8) is 0 Å². The molecule has 2 amide bonds. The number of amides is 2. The van der Waals surface area contributed by atoms with Crippen LogP contribution in [0, 0.1) is 0 Å². The van der Waals surface area contributed by atoms with Crippen molar-refractivity contribution in [2.75, 3.05) is 20.3 Å². The lowest BCUT2D eigenvalue weighted by Gasteiger charge is -2.28. The number of esters is 1. The fraction of sp³-hybridized carbons (Fsp3) is 0.545. The van der Waals surface area contributed by atoms with Crippen molar-refractivity contribution < 1.29 is 23.8 Å². The van der Waals surface area contributed by atoms with E-state index in [4.69, 9.17) is 14.2 Å². The number of ether oxygens (including phenoxy) is 3. The maximum atomic E-state index is 12.4. The summed E-state index contributed by atoms with van der Waals surface area (Å²) in [6.07, 6.45) is 5.81. The van der Waals surface area contributed by atoms with Crippen LogP contribution in [0.5, 0.6) is 11.5 Å². The van der Waals surface area contributed by atoms with Gasteiger partial charge in [0, 0.05) is 5.70 Å². The Morgan fingerprint density at radius 3 is 2.55 bits per heavy atom. The number of unbranched alkanes of at least 4 members (excludes halogenated alkanes) is 4. The third kappa shape index (κ3) is 6.14. The molecule has 2 rings (SSSR count). The number of benzene rings is 1. The number of carbonyl (C=O) groups is 2. The van der Waals surface area contributed by atoms with E-state index < -0.39 is 12.0 Å². The van der Waals surface area contributed by atoms with Gasteiger partial charge in [-0.3, -0.25) is 0 Å². The molecule has 0 aromatic heterocycles. The van der Waals surface area contributed by atoms with Crippen molar-refractivity contribution in [2.24, 2.45) is 0 Å². The summed E-state index contributed by atoms with van der Waals surface area (Å²) >= 11 is 0. The van der Waals surface area contributed by atoms with Crippen molar-refractivity contribution in [3.05, 3.63) is 35.0 Å². The zero-order valence-corrected chi connectivity index (χ0v) is 17.8. The molecule has 7 nitrogen and oxygen atoms in total. The molecule has 0 saturated heterocycles. The van der Waals surface area contributed by atoms with Gasteiger partial charge in [0.05, 0.1) is 31.9 Å². The largest absolute Gasteiger partial charge is 0.493 e. The average Bonchev–Trinajstić information content (AvgIpc) is 2.70. The summed E-state index contributed by atoms with van der Waals surface area (Å²) in [6, 6.07) is 4.44. The molecular formula is C22H32N2O5. The third-order valence-corrected chi connectivity index (χ3v) is 4.79. The minimum absolute atomic E-state index is 0.255. The summed E-state index contributed by atoms with van der Waals surface area (Å²) in [4.78, 5) is 24.4. The lowest BCUT2D eigenvalue weighted by Crippen LogP contribution is -2.45. The molecule has 1 aliphatic rings. The molecule has 0 radical (unpaired) electrons. The van der Waals surface area contributed by atoms with Crippen LogP contribution in [0.1, 0.15) is 64.5 Å². The minimum atomic E-state index is -0.625. The Morgan fingerprint density at radius 1 is 1.10 bits per heavy atom. The highest BCUT2D eigenvalue weighted by atomic mass is 16.5. The molecule has 7 heteroatoms. The van der Waals surface area contributed by atoms with E-state index in [0.717, 1.165) is 18.4 Å². The summed E-state index contributed by atoms with van der Waals surface area (Å²) < 4.78 is 16.5. The highest BCUT2D eigenvalue weighted by Crippen LogP contribution is 2.34. The van der Waals surface area contributed by atoms with E-state index in [0.29, 0.717) is 29.4 Å². The molecule has 160 valence electrons. The zero-order valence-electron chi connectivity index (χ0n) is 17.8. The summed E-state index contributed by atoms with van der Waals surface area (Å²) in [5, 5.41) is 5.42. The van der Waals surface area contributed by atoms with Crippen LogP contribution in [0.15, 0.2) is 29.5 Å². The SMILES string of the molecule is CCCCCCCOc1ccc(C2NC(=O)NC(C)=C2C(=O)OCC)cc1OC. The van der Waals surface area contributed by atoms with Gasteiger partial charge in [-0.1, -0.05) is 38.7 Å². The topological polar surface area (TPSA) is 85.9 Å². The van der Waals surface area contributed by atoms with Crippen molar-refractivity contribution >= 4 is 12.0 Å². The average molecular weight is 405 g/mol. The number of rotatable bonds is 11. The molecule has 1 aromatic rings. The fourth-order valence-electron chi connectivity index (χ4n) is 3.29. The molecular weight excluding hydrogens is 372 g/mol. The monoisotopic (exact) mass is 404 g/mol. The second kappa shape index (κ2) is 11.3. The molecule has 0 saturated carbocycles. The van der Waals surface area contributed by atoms with E-state index in [2.05, 4.69) is 17.6 Å². The number of hydrogen-bond acceptors (Lipinski definition) is 5. The standard InChI is InChI=1S/C22H32N2O5/c1-5-7-8-9-10-13-29-17-12-11-16(14-18(17)27-4)20-19(21(25)28-6-2)15(3)23-22(26)24-20/h11-12,14,20H,5-10,13H2,1-4H3,(H2,23,24,26). The summed E-state index contributed by atoms with van der Waals surface area (Å²) in [6.45, 7) is 6.50. The number of carbonyl (C=O) groups excluding carboxylic acids is 2. The van der Waals surface area contributed by atoms with Gasteiger partial charge in [0.2, 0.25) is 0 Å². The van der Waals surface area contributed by atoms with E-state index >= 15 is 0 Å². The predicted molar refractivity (Wildman–Crippen MR) is 111 cm³/mol. The molecule has 2 N–H and O–H groups in total. The Morgan fingerprint density at radius 2 is 1.86 bits per heavy atom. The van der Waals surface area contributed by atoms with Crippen LogP contribution in [0.2, 0.25) is 0 Å². The van der Waals surface area contributed by atoms with Crippen LogP contribution in [0.25, 0.3) is 0 Å². The molecule has 1 aliphatic heterocycles. The summed E-state index contributed by atoms with van der Waals surface area (Å²) in [5.41, 5.74) is 1.57. The van der Waals surface area contributed by atoms with Gasteiger partial charge in [-0.15, -0.1) is 0 Å². The van der Waals surface area contributed by atoms with Crippen LogP contribution in [-0.4, -0.2) is 32.3 Å². The first-order valence-electron chi connectivity index (χ1n) is 10.3. The molecule has 1 aromatic carbocycles. The minimum Gasteiger partial charge on any atom is -0.493 e. The van der Waals surface area contributed by atoms with E-state index in [1.54, 1.807) is 27.0 Å². The van der Waals surface area contributed by atoms with Crippen LogP contribution >= 0.6 is 0 Å². The Balaban J connectivity index is 2.17. The van der Waals surface area contributed by atoms with Gasteiger partial charge in [0.25, 0.3) is 0 Å². The highest BCUT2D eigenvalue weighted by Gasteiger charge is 2.32. The zero-order chi connectivity index (χ0) is 21.2. The fourth-order valence-corrected chi connectivity index (χ4v) is 3.29. The van der Waals surface area contributed by atoms with Crippen molar-refractivity contribution in [2.45, 2.75) is 58.9 Å². The van der Waals surface area contributed by atoms with E-state index in [-0.39, 0.29) is 12.6 Å². The lowest BCUT2D eigenvalue weighted by atomic mass is 9.95. The van der Waals surface area contributed by atoms with Gasteiger partial charge in [-0.25, -0.2) is 9.59 Å². The quantitative estimate of drug-likeness (QED) is 0.426. The molecule has 1 atom stereocenters. The summed E-state index contributed by atoms with van der Waals surface area (Å²) in [7, 11) is 1.57. The maximum Gasteiger partial charge on any atom is 0.338 e. The van der Waals surface area contributed by atoms with Crippen LogP contribution in [0.4, 0.5) is 4.79 Å². The third-order valence-electron chi connectivity index (χ3n) is 4.79. The van der Waals surface area contributed by atoms with Gasteiger partial charge in [0.15, 0.2) is 11.5 Å². The van der Waals surface area contributed by atoms with Crippen molar-refractivity contribution in [3.8, 4) is 11.5 Å². The molecule has 1 unspecified atom stereocenters. The summed E-state index contributed by atoms with van der Waals surface area (Å²) in [5.74, 6) is 0.740. The molecule has 0 bridgehead atoms. The number of methoxy groups -OCH3 is 1. The molecule has 1 heterocycles. The van der Waals surface area contributed by atoms with E-state index in [9.17, 15) is 9.59 Å². The maximum absolute atomic E-state index is 12.4. The molecule has 0 fully saturated rings. The molecule has 29 heavy (non-hydrogen) atoms. The van der Waals surface area contributed by atoms with Crippen molar-refractivity contribution in [1.29, 1.82) is 0 Å². The van der Waals surface area contributed by atoms with Gasteiger partial charge >= 0.3 is 12.0 Å². The number of allylic oxidation sites excluding steroid dienone is 1. The Hall–Kier alpha value is -2.70. The van der Waals surface area contributed by atoms with Crippen molar-refractivity contribution in [1.82, 2.24) is 10.6 Å². The molecule has 0 spiro atoms. The number of nitrogens with one attached hydrogen (secondary N) is 2. The Bertz CT molecular complexity index is 745.